The fourth-order valence-corrected chi connectivity index (χ4v) is 3.35. The van der Waals surface area contributed by atoms with Crippen molar-refractivity contribution in [2.24, 2.45) is 0 Å². The average Bonchev–Trinajstić information content (AvgIpc) is 3.41. The number of hydrogen-bond donors (Lipinski definition) is 0. The quantitative estimate of drug-likeness (QED) is 0.555. The molecule has 0 saturated carbocycles. The Hall–Kier alpha value is -3.55. The van der Waals surface area contributed by atoms with Crippen molar-refractivity contribution in [1.29, 1.82) is 0 Å². The minimum Gasteiger partial charge on any atom is -0.339 e. The largest absolute Gasteiger partial charge is 0.339 e. The molecular weight excluding hydrogens is 344 g/mol. The third-order valence-electron chi connectivity index (χ3n) is 4.69. The molecule has 5 heterocycles. The molecule has 1 saturated heterocycles. The maximum atomic E-state index is 12.4. The van der Waals surface area contributed by atoms with Crippen LogP contribution >= 0.6 is 0 Å². The molecule has 0 unspecified atom stereocenters. The molecule has 27 heavy (non-hydrogen) atoms. The number of pyridine rings is 2. The molecule has 0 bridgehead atoms. The normalized spacial score (nSPS) is 17.1. The number of carbonyl (C=O) groups is 1. The highest BCUT2D eigenvalue weighted by Gasteiger charge is 2.34. The summed E-state index contributed by atoms with van der Waals surface area (Å²) < 4.78 is 7.35. The topological polar surface area (TPSA) is 89.4 Å². The van der Waals surface area contributed by atoms with Crippen molar-refractivity contribution in [3.05, 3.63) is 66.6 Å². The molecule has 5 rings (SSSR count). The SMILES string of the molecule is O=C1C[C@@H](c2nc(-c3cn4ccccc4n3)no2)CN1Cc1cccnc1. The van der Waals surface area contributed by atoms with Gasteiger partial charge in [0.05, 0.1) is 5.92 Å². The van der Waals surface area contributed by atoms with E-state index in [1.807, 2.05) is 47.1 Å². The minimum absolute atomic E-state index is 0.0799. The number of imidazole rings is 1. The first-order valence-electron chi connectivity index (χ1n) is 8.70. The van der Waals surface area contributed by atoms with E-state index in [1.54, 1.807) is 17.3 Å². The van der Waals surface area contributed by atoms with Gasteiger partial charge in [-0.15, -0.1) is 0 Å². The number of hydrogen-bond acceptors (Lipinski definition) is 6. The highest BCUT2D eigenvalue weighted by atomic mass is 16.5. The standard InChI is InChI=1S/C19H16N6O2/c26-17-8-14(11-25(17)10-13-4-3-6-20-9-13)19-22-18(23-27-19)15-12-24-7-2-1-5-16(24)21-15/h1-7,9,12,14H,8,10-11H2/t14-/m1/s1. The Morgan fingerprint density at radius 2 is 2.15 bits per heavy atom. The van der Waals surface area contributed by atoms with Gasteiger partial charge in [-0.3, -0.25) is 9.78 Å². The van der Waals surface area contributed by atoms with Crippen molar-refractivity contribution in [3.8, 4) is 11.5 Å². The average molecular weight is 360 g/mol. The molecule has 8 nitrogen and oxygen atoms in total. The summed E-state index contributed by atoms with van der Waals surface area (Å²) in [4.78, 5) is 27.2. The summed E-state index contributed by atoms with van der Waals surface area (Å²) in [5, 5.41) is 4.06. The molecule has 1 atom stereocenters. The highest BCUT2D eigenvalue weighted by Crippen LogP contribution is 2.29. The maximum Gasteiger partial charge on any atom is 0.232 e. The fourth-order valence-electron chi connectivity index (χ4n) is 3.35. The van der Waals surface area contributed by atoms with Gasteiger partial charge in [-0.1, -0.05) is 17.3 Å². The van der Waals surface area contributed by atoms with Crippen molar-refractivity contribution >= 4 is 11.6 Å². The molecule has 134 valence electrons. The Bertz CT molecular complexity index is 1070. The number of nitrogens with zero attached hydrogens (tertiary/aromatic N) is 6. The predicted octanol–water partition coefficient (Wildman–Crippen LogP) is 2.30. The van der Waals surface area contributed by atoms with Crippen molar-refractivity contribution in [1.82, 2.24) is 29.4 Å². The summed E-state index contributed by atoms with van der Waals surface area (Å²) in [6, 6.07) is 9.60. The number of aromatic nitrogens is 5. The third-order valence-corrected chi connectivity index (χ3v) is 4.69. The van der Waals surface area contributed by atoms with Crippen LogP contribution in [0.4, 0.5) is 0 Å². The first kappa shape index (κ1) is 15.7. The van der Waals surface area contributed by atoms with Crippen LogP contribution in [0.2, 0.25) is 0 Å². The van der Waals surface area contributed by atoms with Crippen LogP contribution in [-0.4, -0.2) is 41.9 Å². The van der Waals surface area contributed by atoms with Crippen molar-refractivity contribution < 1.29 is 9.32 Å². The Balaban J connectivity index is 1.34. The van der Waals surface area contributed by atoms with Crippen LogP contribution < -0.4 is 0 Å². The monoisotopic (exact) mass is 360 g/mol. The van der Waals surface area contributed by atoms with Crippen LogP contribution in [0, 0.1) is 0 Å². The van der Waals surface area contributed by atoms with E-state index in [1.165, 1.54) is 0 Å². The van der Waals surface area contributed by atoms with Gasteiger partial charge in [0.25, 0.3) is 0 Å². The van der Waals surface area contributed by atoms with Gasteiger partial charge in [0.15, 0.2) is 0 Å². The Morgan fingerprint density at radius 1 is 1.19 bits per heavy atom. The van der Waals surface area contributed by atoms with Crippen LogP contribution in [-0.2, 0) is 11.3 Å². The molecule has 4 aromatic heterocycles. The molecule has 1 fully saturated rings. The molecule has 8 heteroatoms. The van der Waals surface area contributed by atoms with Crippen LogP contribution in [0.3, 0.4) is 0 Å². The lowest BCUT2D eigenvalue weighted by molar-refractivity contribution is -0.128. The second-order valence-corrected chi connectivity index (χ2v) is 6.59. The van der Waals surface area contributed by atoms with E-state index in [9.17, 15) is 4.79 Å². The molecule has 0 N–H and O–H groups in total. The maximum absolute atomic E-state index is 12.4. The van der Waals surface area contributed by atoms with Crippen LogP contribution in [0.5, 0.6) is 0 Å². The summed E-state index contributed by atoms with van der Waals surface area (Å²) in [7, 11) is 0. The number of likely N-dealkylation sites (tertiary alicyclic amines) is 1. The Labute approximate surface area is 154 Å². The van der Waals surface area contributed by atoms with Gasteiger partial charge in [-0.05, 0) is 23.8 Å². The lowest BCUT2D eigenvalue weighted by atomic mass is 10.1. The van der Waals surface area contributed by atoms with E-state index >= 15 is 0 Å². The molecule has 0 aromatic carbocycles. The lowest BCUT2D eigenvalue weighted by Gasteiger charge is -2.15. The van der Waals surface area contributed by atoms with E-state index < -0.39 is 0 Å². The first-order chi connectivity index (χ1) is 13.3. The molecule has 1 amide bonds. The summed E-state index contributed by atoms with van der Waals surface area (Å²) in [5.41, 5.74) is 2.47. The number of rotatable bonds is 4. The van der Waals surface area contributed by atoms with Gasteiger partial charge in [0.1, 0.15) is 11.3 Å². The number of carbonyl (C=O) groups excluding carboxylic acids is 1. The van der Waals surface area contributed by atoms with Gasteiger partial charge in [-0.25, -0.2) is 4.98 Å². The van der Waals surface area contributed by atoms with Crippen molar-refractivity contribution in [2.45, 2.75) is 18.9 Å². The van der Waals surface area contributed by atoms with E-state index in [0.717, 1.165) is 11.2 Å². The molecule has 0 spiro atoms. The van der Waals surface area contributed by atoms with Gasteiger partial charge in [0.2, 0.25) is 17.6 Å². The van der Waals surface area contributed by atoms with Gasteiger partial charge in [-0.2, -0.15) is 4.98 Å². The highest BCUT2D eigenvalue weighted by molar-refractivity contribution is 5.79. The zero-order chi connectivity index (χ0) is 18.2. The second kappa shape index (κ2) is 6.31. The summed E-state index contributed by atoms with van der Waals surface area (Å²) in [6.45, 7) is 1.09. The Morgan fingerprint density at radius 3 is 3.00 bits per heavy atom. The lowest BCUT2D eigenvalue weighted by Crippen LogP contribution is -2.24. The molecule has 1 aliphatic rings. The second-order valence-electron chi connectivity index (χ2n) is 6.59. The van der Waals surface area contributed by atoms with Gasteiger partial charge in [0, 0.05) is 44.3 Å². The number of amides is 1. The minimum atomic E-state index is -0.104. The molecule has 0 radical (unpaired) electrons. The summed E-state index contributed by atoms with van der Waals surface area (Å²) in [6.07, 6.45) is 7.64. The smallest absolute Gasteiger partial charge is 0.232 e. The van der Waals surface area contributed by atoms with E-state index in [-0.39, 0.29) is 11.8 Å². The van der Waals surface area contributed by atoms with E-state index in [2.05, 4.69) is 20.1 Å². The van der Waals surface area contributed by atoms with E-state index in [4.69, 9.17) is 4.52 Å². The van der Waals surface area contributed by atoms with Crippen LogP contribution in [0.25, 0.3) is 17.2 Å². The zero-order valence-electron chi connectivity index (χ0n) is 14.4. The van der Waals surface area contributed by atoms with Gasteiger partial charge >= 0.3 is 0 Å². The third kappa shape index (κ3) is 2.95. The van der Waals surface area contributed by atoms with Crippen molar-refractivity contribution in [2.75, 3.05) is 6.54 Å². The van der Waals surface area contributed by atoms with Gasteiger partial charge < -0.3 is 13.8 Å². The number of fused-ring (bicyclic) bond motifs is 1. The molecule has 0 aliphatic carbocycles. The first-order valence-corrected chi connectivity index (χ1v) is 8.70. The van der Waals surface area contributed by atoms with Crippen molar-refractivity contribution in [3.63, 3.8) is 0 Å². The summed E-state index contributed by atoms with van der Waals surface area (Å²) in [5.74, 6) is 0.889. The molecule has 4 aromatic rings. The zero-order valence-corrected chi connectivity index (χ0v) is 14.4. The van der Waals surface area contributed by atoms with Crippen LogP contribution in [0.1, 0.15) is 23.8 Å². The summed E-state index contributed by atoms with van der Waals surface area (Å²) >= 11 is 0. The van der Waals surface area contributed by atoms with Crippen LogP contribution in [0.15, 0.2) is 59.6 Å². The molecule has 1 aliphatic heterocycles. The van der Waals surface area contributed by atoms with E-state index in [0.29, 0.717) is 36.9 Å². The Kier molecular flexibility index (Phi) is 3.67. The predicted molar refractivity (Wildman–Crippen MR) is 95.5 cm³/mol. The fraction of sp³-hybridized carbons (Fsp3) is 0.211. The molecular formula is C19H16N6O2.